The van der Waals surface area contributed by atoms with Crippen LogP contribution in [0.25, 0.3) is 0 Å². The molecule has 0 saturated carbocycles. The molecule has 4 rings (SSSR count). The molecule has 196 valence electrons. The minimum Gasteiger partial charge on any atom is -0.348 e. The summed E-state index contributed by atoms with van der Waals surface area (Å²) in [6.45, 7) is 1.31. The molecule has 9 heteroatoms. The van der Waals surface area contributed by atoms with Gasteiger partial charge in [-0.15, -0.1) is 0 Å². The number of hydrogen-bond acceptors (Lipinski definition) is 3. The number of halogens is 3. The standard InChI is InChI=1S/C29H26ClF2N3O3/c30-24-16-22(17-25(31)28(24)32)29(38)35-14-12-21(13-15-35)20-6-8-23(9-7-20)34-27(37)11-10-26(36)33-18-19-4-2-1-3-5-19/h1-11,16-17,21H,12-15,18H2,(H,33,36)(H,34,37)/b11-10+. The Morgan fingerprint density at radius 3 is 2.24 bits per heavy atom. The fraction of sp³-hybridized carbons (Fsp3) is 0.207. The van der Waals surface area contributed by atoms with Crippen molar-refractivity contribution in [3.05, 3.63) is 112 Å². The van der Waals surface area contributed by atoms with Crippen molar-refractivity contribution in [3.8, 4) is 0 Å². The van der Waals surface area contributed by atoms with E-state index >= 15 is 0 Å². The summed E-state index contributed by atoms with van der Waals surface area (Å²) in [5.74, 6) is -3.27. The SMILES string of the molecule is O=C(/C=C/C(=O)Nc1ccc(C2CCN(C(=O)c3cc(F)c(F)c(Cl)c3)CC2)cc1)NCc1ccccc1. The molecule has 2 N–H and O–H groups in total. The molecule has 1 fully saturated rings. The number of benzene rings is 3. The summed E-state index contributed by atoms with van der Waals surface area (Å²) >= 11 is 5.68. The molecule has 3 amide bonds. The Kier molecular flexibility index (Phi) is 8.86. The minimum absolute atomic E-state index is 0.0233. The van der Waals surface area contributed by atoms with E-state index in [1.165, 1.54) is 12.2 Å². The second-order valence-corrected chi connectivity index (χ2v) is 9.38. The number of nitrogens with zero attached hydrogens (tertiary/aromatic N) is 1. The average Bonchev–Trinajstić information content (AvgIpc) is 2.94. The van der Waals surface area contributed by atoms with Gasteiger partial charge in [0.15, 0.2) is 11.6 Å². The molecule has 1 aliphatic heterocycles. The molecule has 3 aromatic rings. The molecule has 0 aliphatic carbocycles. The van der Waals surface area contributed by atoms with Crippen LogP contribution in [-0.4, -0.2) is 35.7 Å². The van der Waals surface area contributed by atoms with E-state index in [4.69, 9.17) is 11.6 Å². The molecule has 0 atom stereocenters. The quantitative estimate of drug-likeness (QED) is 0.311. The summed E-state index contributed by atoms with van der Waals surface area (Å²) in [4.78, 5) is 38.4. The van der Waals surface area contributed by atoms with Crippen LogP contribution in [0, 0.1) is 11.6 Å². The van der Waals surface area contributed by atoms with Gasteiger partial charge < -0.3 is 15.5 Å². The maximum atomic E-state index is 13.7. The van der Waals surface area contributed by atoms with E-state index in [0.29, 0.717) is 38.2 Å². The zero-order chi connectivity index (χ0) is 27.1. The van der Waals surface area contributed by atoms with Crippen LogP contribution in [0.1, 0.15) is 40.2 Å². The average molecular weight is 538 g/mol. The molecular formula is C29H26ClF2N3O3. The number of rotatable bonds is 7. The molecule has 1 heterocycles. The van der Waals surface area contributed by atoms with Crippen LogP contribution >= 0.6 is 11.6 Å². The predicted molar refractivity (Wildman–Crippen MR) is 142 cm³/mol. The topological polar surface area (TPSA) is 78.5 Å². The highest BCUT2D eigenvalue weighted by Crippen LogP contribution is 2.30. The summed E-state index contributed by atoms with van der Waals surface area (Å²) < 4.78 is 27.1. The van der Waals surface area contributed by atoms with E-state index in [1.54, 1.807) is 17.0 Å². The van der Waals surface area contributed by atoms with Gasteiger partial charge in [-0.3, -0.25) is 14.4 Å². The second kappa shape index (κ2) is 12.5. The summed E-state index contributed by atoms with van der Waals surface area (Å²) in [5.41, 5.74) is 2.65. The molecule has 1 saturated heterocycles. The van der Waals surface area contributed by atoms with Crippen LogP contribution in [0.4, 0.5) is 14.5 Å². The molecule has 0 aromatic heterocycles. The van der Waals surface area contributed by atoms with Gasteiger partial charge in [0, 0.05) is 43.0 Å². The third-order valence-electron chi connectivity index (χ3n) is 6.36. The zero-order valence-electron chi connectivity index (χ0n) is 20.4. The summed E-state index contributed by atoms with van der Waals surface area (Å²) in [7, 11) is 0. The van der Waals surface area contributed by atoms with E-state index in [-0.39, 0.29) is 23.3 Å². The van der Waals surface area contributed by atoms with Gasteiger partial charge in [0.1, 0.15) is 0 Å². The molecule has 0 spiro atoms. The number of anilines is 1. The van der Waals surface area contributed by atoms with E-state index in [1.807, 2.05) is 42.5 Å². The van der Waals surface area contributed by atoms with Gasteiger partial charge >= 0.3 is 0 Å². The Balaban J connectivity index is 1.24. The van der Waals surface area contributed by atoms with E-state index in [2.05, 4.69) is 10.6 Å². The monoisotopic (exact) mass is 537 g/mol. The van der Waals surface area contributed by atoms with Crippen molar-refractivity contribution in [1.29, 1.82) is 0 Å². The zero-order valence-corrected chi connectivity index (χ0v) is 21.2. The normalized spacial score (nSPS) is 13.9. The van der Waals surface area contributed by atoms with Gasteiger partial charge in [-0.25, -0.2) is 8.78 Å². The molecule has 38 heavy (non-hydrogen) atoms. The molecule has 1 aliphatic rings. The first kappa shape index (κ1) is 27.0. The van der Waals surface area contributed by atoms with Crippen molar-refractivity contribution >= 4 is 35.0 Å². The van der Waals surface area contributed by atoms with Gasteiger partial charge in [0.25, 0.3) is 5.91 Å². The third-order valence-corrected chi connectivity index (χ3v) is 6.63. The van der Waals surface area contributed by atoms with Crippen LogP contribution in [0.5, 0.6) is 0 Å². The predicted octanol–water partition coefficient (Wildman–Crippen LogP) is 5.45. The maximum Gasteiger partial charge on any atom is 0.254 e. The second-order valence-electron chi connectivity index (χ2n) is 8.97. The first-order valence-corrected chi connectivity index (χ1v) is 12.5. The first-order chi connectivity index (χ1) is 18.3. The smallest absolute Gasteiger partial charge is 0.254 e. The molecule has 0 radical (unpaired) electrons. The lowest BCUT2D eigenvalue weighted by Crippen LogP contribution is -2.38. The lowest BCUT2D eigenvalue weighted by atomic mass is 9.89. The highest BCUT2D eigenvalue weighted by atomic mass is 35.5. The van der Waals surface area contributed by atoms with Crippen LogP contribution in [0.3, 0.4) is 0 Å². The fourth-order valence-corrected chi connectivity index (χ4v) is 4.50. The Morgan fingerprint density at radius 2 is 1.58 bits per heavy atom. The number of carbonyl (C=O) groups is 3. The largest absolute Gasteiger partial charge is 0.348 e. The first-order valence-electron chi connectivity index (χ1n) is 12.1. The minimum atomic E-state index is -1.16. The number of hydrogen-bond donors (Lipinski definition) is 2. The molecule has 3 aromatic carbocycles. The number of likely N-dealkylation sites (tertiary alicyclic amines) is 1. The van der Waals surface area contributed by atoms with E-state index in [0.717, 1.165) is 23.3 Å². The lowest BCUT2D eigenvalue weighted by molar-refractivity contribution is -0.117. The molecular weight excluding hydrogens is 512 g/mol. The van der Waals surface area contributed by atoms with Crippen LogP contribution in [0.15, 0.2) is 78.9 Å². The maximum absolute atomic E-state index is 13.7. The number of nitrogens with one attached hydrogen (secondary N) is 2. The van der Waals surface area contributed by atoms with Crippen LogP contribution < -0.4 is 10.6 Å². The van der Waals surface area contributed by atoms with Gasteiger partial charge in [-0.2, -0.15) is 0 Å². The van der Waals surface area contributed by atoms with Gasteiger partial charge in [0.2, 0.25) is 11.8 Å². The molecule has 6 nitrogen and oxygen atoms in total. The van der Waals surface area contributed by atoms with Crippen molar-refractivity contribution < 1.29 is 23.2 Å². The van der Waals surface area contributed by atoms with E-state index < -0.39 is 22.6 Å². The summed E-state index contributed by atoms with van der Waals surface area (Å²) in [6.07, 6.45) is 3.78. The highest BCUT2D eigenvalue weighted by molar-refractivity contribution is 6.31. The Bertz CT molecular complexity index is 1320. The van der Waals surface area contributed by atoms with Gasteiger partial charge in [0.05, 0.1) is 5.02 Å². The molecule has 0 bridgehead atoms. The summed E-state index contributed by atoms with van der Waals surface area (Å²) in [5, 5.41) is 5.03. The Hall–Kier alpha value is -4.04. The highest BCUT2D eigenvalue weighted by Gasteiger charge is 2.26. The number of amides is 3. The fourth-order valence-electron chi connectivity index (χ4n) is 4.30. The van der Waals surface area contributed by atoms with Crippen LogP contribution in [0.2, 0.25) is 5.02 Å². The number of piperidine rings is 1. The molecule has 0 unspecified atom stereocenters. The van der Waals surface area contributed by atoms with Crippen LogP contribution in [-0.2, 0) is 16.1 Å². The third kappa shape index (κ3) is 7.04. The van der Waals surface area contributed by atoms with Crippen molar-refractivity contribution in [3.63, 3.8) is 0 Å². The lowest BCUT2D eigenvalue weighted by Gasteiger charge is -2.32. The number of carbonyl (C=O) groups excluding carboxylic acids is 3. The van der Waals surface area contributed by atoms with Crippen molar-refractivity contribution in [2.75, 3.05) is 18.4 Å². The van der Waals surface area contributed by atoms with Gasteiger partial charge in [-0.05, 0) is 54.2 Å². The van der Waals surface area contributed by atoms with Crippen molar-refractivity contribution in [1.82, 2.24) is 10.2 Å². The Morgan fingerprint density at radius 1 is 0.921 bits per heavy atom. The van der Waals surface area contributed by atoms with Gasteiger partial charge in [-0.1, -0.05) is 54.1 Å². The van der Waals surface area contributed by atoms with Crippen molar-refractivity contribution in [2.45, 2.75) is 25.3 Å². The Labute approximate surface area is 224 Å². The van der Waals surface area contributed by atoms with E-state index in [9.17, 15) is 23.2 Å². The van der Waals surface area contributed by atoms with Crippen molar-refractivity contribution in [2.24, 2.45) is 0 Å². The summed E-state index contributed by atoms with van der Waals surface area (Å²) in [6, 6.07) is 18.9.